The maximum atomic E-state index is 12.6. The minimum Gasteiger partial charge on any atom is -0.478 e. The Balaban J connectivity index is 2.35. The normalized spacial score (nSPS) is 12.0. The van der Waals surface area contributed by atoms with E-state index < -0.39 is 27.7 Å². The SMILES string of the molecule is O=C(O)c1cccc(S(=O)(=O)Nc2cccc(C(F)(F)F)c2)c1. The van der Waals surface area contributed by atoms with Gasteiger partial charge in [0.15, 0.2) is 0 Å². The molecule has 0 bridgehead atoms. The standard InChI is InChI=1S/C14H10F3NO4S/c15-14(16,17)10-4-2-5-11(8-10)18-23(21,22)12-6-1-3-9(7-12)13(19)20/h1-8,18H,(H,19,20). The zero-order valence-corrected chi connectivity index (χ0v) is 12.1. The Morgan fingerprint density at radius 1 is 1.04 bits per heavy atom. The molecule has 9 heteroatoms. The molecule has 0 radical (unpaired) electrons. The van der Waals surface area contributed by atoms with Crippen LogP contribution in [0.4, 0.5) is 18.9 Å². The first-order valence-electron chi connectivity index (χ1n) is 6.13. The smallest absolute Gasteiger partial charge is 0.416 e. The molecular formula is C14H10F3NO4S. The minimum atomic E-state index is -4.61. The fourth-order valence-electron chi connectivity index (χ4n) is 1.77. The molecule has 0 saturated heterocycles. The predicted octanol–water partition coefficient (Wildman–Crippen LogP) is 3.20. The van der Waals surface area contributed by atoms with Crippen LogP contribution in [0.2, 0.25) is 0 Å². The molecule has 0 aliphatic carbocycles. The Morgan fingerprint density at radius 3 is 2.30 bits per heavy atom. The summed E-state index contributed by atoms with van der Waals surface area (Å²) in [5, 5.41) is 8.85. The molecule has 0 aromatic heterocycles. The van der Waals surface area contributed by atoms with E-state index in [1.807, 2.05) is 4.72 Å². The fraction of sp³-hybridized carbons (Fsp3) is 0.0714. The zero-order valence-electron chi connectivity index (χ0n) is 11.3. The highest BCUT2D eigenvalue weighted by Crippen LogP contribution is 2.31. The molecule has 2 rings (SSSR count). The summed E-state index contributed by atoms with van der Waals surface area (Å²) in [4.78, 5) is 10.5. The zero-order chi connectivity index (χ0) is 17.3. The molecule has 2 aromatic carbocycles. The average Bonchev–Trinajstić information content (AvgIpc) is 2.46. The number of alkyl halides is 3. The fourth-order valence-corrected chi connectivity index (χ4v) is 2.86. The van der Waals surface area contributed by atoms with Crippen molar-refractivity contribution in [1.82, 2.24) is 0 Å². The van der Waals surface area contributed by atoms with Gasteiger partial charge in [0.05, 0.1) is 16.0 Å². The van der Waals surface area contributed by atoms with Crippen LogP contribution in [-0.4, -0.2) is 19.5 Å². The third-order valence-corrected chi connectivity index (χ3v) is 4.21. The number of benzene rings is 2. The summed E-state index contributed by atoms with van der Waals surface area (Å²) >= 11 is 0. The second-order valence-electron chi connectivity index (χ2n) is 4.52. The highest BCUT2D eigenvalue weighted by Gasteiger charge is 2.30. The Kier molecular flexibility index (Phi) is 4.33. The van der Waals surface area contributed by atoms with E-state index in [1.165, 1.54) is 12.1 Å². The lowest BCUT2D eigenvalue weighted by molar-refractivity contribution is -0.137. The van der Waals surface area contributed by atoms with Crippen molar-refractivity contribution >= 4 is 21.7 Å². The lowest BCUT2D eigenvalue weighted by Crippen LogP contribution is -2.14. The van der Waals surface area contributed by atoms with Crippen LogP contribution in [0, 0.1) is 0 Å². The summed E-state index contributed by atoms with van der Waals surface area (Å²) in [7, 11) is -4.21. The molecule has 122 valence electrons. The topological polar surface area (TPSA) is 83.5 Å². The molecule has 0 unspecified atom stereocenters. The van der Waals surface area contributed by atoms with Crippen molar-refractivity contribution in [3.05, 3.63) is 59.7 Å². The molecule has 0 amide bonds. The Bertz CT molecular complexity index is 847. The third kappa shape index (κ3) is 4.01. The van der Waals surface area contributed by atoms with Crippen LogP contribution >= 0.6 is 0 Å². The van der Waals surface area contributed by atoms with Crippen molar-refractivity contribution in [3.8, 4) is 0 Å². The van der Waals surface area contributed by atoms with Gasteiger partial charge in [-0.05, 0) is 36.4 Å². The van der Waals surface area contributed by atoms with Gasteiger partial charge in [-0.25, -0.2) is 13.2 Å². The number of carbonyl (C=O) groups is 1. The van der Waals surface area contributed by atoms with Gasteiger partial charge in [0.1, 0.15) is 0 Å². The molecule has 0 atom stereocenters. The van der Waals surface area contributed by atoms with Crippen LogP contribution in [-0.2, 0) is 16.2 Å². The molecule has 0 saturated carbocycles. The maximum Gasteiger partial charge on any atom is 0.416 e. The first kappa shape index (κ1) is 16.8. The summed E-state index contributed by atoms with van der Waals surface area (Å²) < 4.78 is 64.2. The van der Waals surface area contributed by atoms with Crippen LogP contribution in [0.1, 0.15) is 15.9 Å². The van der Waals surface area contributed by atoms with Crippen molar-refractivity contribution in [2.24, 2.45) is 0 Å². The summed E-state index contributed by atoms with van der Waals surface area (Å²) in [6, 6.07) is 8.17. The number of aromatic carboxylic acids is 1. The number of halogens is 3. The van der Waals surface area contributed by atoms with Crippen LogP contribution in [0.15, 0.2) is 53.4 Å². The Labute approximate surface area is 129 Å². The van der Waals surface area contributed by atoms with E-state index >= 15 is 0 Å². The largest absolute Gasteiger partial charge is 0.478 e. The molecule has 0 fully saturated rings. The van der Waals surface area contributed by atoms with E-state index in [9.17, 15) is 26.4 Å². The van der Waals surface area contributed by atoms with Crippen LogP contribution in [0.25, 0.3) is 0 Å². The highest BCUT2D eigenvalue weighted by atomic mass is 32.2. The van der Waals surface area contributed by atoms with Gasteiger partial charge < -0.3 is 5.11 Å². The second kappa shape index (κ2) is 5.92. The minimum absolute atomic E-state index is 0.253. The molecule has 2 aromatic rings. The number of anilines is 1. The molecule has 0 aliphatic heterocycles. The number of hydrogen-bond donors (Lipinski definition) is 2. The van der Waals surface area contributed by atoms with Gasteiger partial charge in [0.25, 0.3) is 10.0 Å². The highest BCUT2D eigenvalue weighted by molar-refractivity contribution is 7.92. The summed E-state index contributed by atoms with van der Waals surface area (Å²) in [6.07, 6.45) is -4.61. The van der Waals surface area contributed by atoms with E-state index in [0.717, 1.165) is 30.3 Å². The van der Waals surface area contributed by atoms with E-state index in [-0.39, 0.29) is 16.1 Å². The maximum absolute atomic E-state index is 12.6. The number of carboxylic acids is 1. The van der Waals surface area contributed by atoms with Gasteiger partial charge >= 0.3 is 12.1 Å². The number of rotatable bonds is 4. The summed E-state index contributed by atoms with van der Waals surface area (Å²) in [5.41, 5.74) is -1.53. The van der Waals surface area contributed by atoms with Crippen LogP contribution in [0.3, 0.4) is 0 Å². The van der Waals surface area contributed by atoms with E-state index in [1.54, 1.807) is 0 Å². The number of hydrogen-bond acceptors (Lipinski definition) is 3. The third-order valence-electron chi connectivity index (χ3n) is 2.83. The van der Waals surface area contributed by atoms with Crippen molar-refractivity contribution in [2.75, 3.05) is 4.72 Å². The monoisotopic (exact) mass is 345 g/mol. The molecule has 23 heavy (non-hydrogen) atoms. The number of carboxylic acid groups (broad SMARTS) is 1. The van der Waals surface area contributed by atoms with Gasteiger partial charge in [-0.1, -0.05) is 12.1 Å². The van der Waals surface area contributed by atoms with Gasteiger partial charge in [0, 0.05) is 5.69 Å². The van der Waals surface area contributed by atoms with Crippen molar-refractivity contribution in [1.29, 1.82) is 0 Å². The molecule has 0 aliphatic rings. The van der Waals surface area contributed by atoms with E-state index in [0.29, 0.717) is 6.07 Å². The molecule has 0 spiro atoms. The molecule has 2 N–H and O–H groups in total. The van der Waals surface area contributed by atoms with Gasteiger partial charge in [-0.3, -0.25) is 4.72 Å². The van der Waals surface area contributed by atoms with E-state index in [4.69, 9.17) is 5.11 Å². The van der Waals surface area contributed by atoms with Gasteiger partial charge in [0.2, 0.25) is 0 Å². The lowest BCUT2D eigenvalue weighted by atomic mass is 10.2. The van der Waals surface area contributed by atoms with E-state index in [2.05, 4.69) is 0 Å². The Morgan fingerprint density at radius 2 is 1.70 bits per heavy atom. The van der Waals surface area contributed by atoms with Crippen molar-refractivity contribution < 1.29 is 31.5 Å². The van der Waals surface area contributed by atoms with Gasteiger partial charge in [-0.15, -0.1) is 0 Å². The predicted molar refractivity (Wildman–Crippen MR) is 75.7 cm³/mol. The first-order chi connectivity index (χ1) is 10.6. The lowest BCUT2D eigenvalue weighted by Gasteiger charge is -2.11. The number of nitrogens with one attached hydrogen (secondary N) is 1. The second-order valence-corrected chi connectivity index (χ2v) is 6.20. The van der Waals surface area contributed by atoms with Crippen LogP contribution in [0.5, 0.6) is 0 Å². The van der Waals surface area contributed by atoms with Gasteiger partial charge in [-0.2, -0.15) is 13.2 Å². The molecular weight excluding hydrogens is 335 g/mol. The quantitative estimate of drug-likeness (QED) is 0.891. The number of sulfonamides is 1. The first-order valence-corrected chi connectivity index (χ1v) is 7.61. The molecule has 5 nitrogen and oxygen atoms in total. The Hall–Kier alpha value is -2.55. The van der Waals surface area contributed by atoms with Crippen molar-refractivity contribution in [3.63, 3.8) is 0 Å². The summed E-state index contributed by atoms with van der Waals surface area (Å²) in [5.74, 6) is -1.32. The molecule has 0 heterocycles. The summed E-state index contributed by atoms with van der Waals surface area (Å²) in [6.45, 7) is 0. The van der Waals surface area contributed by atoms with Crippen LogP contribution < -0.4 is 4.72 Å². The average molecular weight is 345 g/mol. The van der Waals surface area contributed by atoms with Crippen molar-refractivity contribution in [2.45, 2.75) is 11.1 Å².